The third kappa shape index (κ3) is 7.12. The van der Waals surface area contributed by atoms with E-state index in [4.69, 9.17) is 21.3 Å². The molecule has 0 spiro atoms. The van der Waals surface area contributed by atoms with Crippen LogP contribution in [0.4, 0.5) is 0 Å². The summed E-state index contributed by atoms with van der Waals surface area (Å²) in [5.41, 5.74) is 1.49. The molecule has 1 aliphatic rings. The molecular weight excluding hydrogens is 348 g/mol. The van der Waals surface area contributed by atoms with E-state index in [0.717, 1.165) is 51.6 Å². The van der Waals surface area contributed by atoms with Crippen LogP contribution in [-0.4, -0.2) is 43.8 Å². The predicted octanol–water partition coefficient (Wildman–Crippen LogP) is 3.82. The molecule has 1 aromatic heterocycles. The summed E-state index contributed by atoms with van der Waals surface area (Å²) in [6, 6.07) is 3.85. The zero-order valence-electron chi connectivity index (χ0n) is 16.2. The van der Waals surface area contributed by atoms with Crippen LogP contribution >= 0.6 is 11.6 Å². The maximum absolute atomic E-state index is 5.83. The molecule has 0 atom stereocenters. The number of guanidine groups is 1. The number of hydrogen-bond donors (Lipinski definition) is 2. The van der Waals surface area contributed by atoms with Gasteiger partial charge >= 0.3 is 0 Å². The second-order valence-corrected chi connectivity index (χ2v) is 7.40. The number of nitrogens with one attached hydrogen (secondary N) is 2. The first-order chi connectivity index (χ1) is 12.7. The first-order valence-electron chi connectivity index (χ1n) is 9.88. The summed E-state index contributed by atoms with van der Waals surface area (Å²) >= 11 is 5.83. The van der Waals surface area contributed by atoms with Gasteiger partial charge in [-0.15, -0.1) is 0 Å². The summed E-state index contributed by atoms with van der Waals surface area (Å²) < 4.78 is 5.60. The van der Waals surface area contributed by atoms with Crippen LogP contribution in [0.3, 0.4) is 0 Å². The van der Waals surface area contributed by atoms with Crippen LogP contribution in [0.2, 0.25) is 5.15 Å². The lowest BCUT2D eigenvalue weighted by molar-refractivity contribution is 0.107. The van der Waals surface area contributed by atoms with Crippen LogP contribution in [0.1, 0.15) is 51.5 Å². The third-order valence-corrected chi connectivity index (χ3v) is 5.28. The third-order valence-electron chi connectivity index (χ3n) is 5.06. The summed E-state index contributed by atoms with van der Waals surface area (Å²) in [7, 11) is 0. The molecule has 0 saturated heterocycles. The lowest BCUT2D eigenvalue weighted by atomic mass is 9.83. The van der Waals surface area contributed by atoms with Crippen molar-refractivity contribution in [1.82, 2.24) is 15.6 Å². The van der Waals surface area contributed by atoms with E-state index in [0.29, 0.717) is 10.6 Å². The zero-order valence-corrected chi connectivity index (χ0v) is 16.9. The van der Waals surface area contributed by atoms with Crippen molar-refractivity contribution in [3.8, 4) is 0 Å². The molecule has 0 amide bonds. The van der Waals surface area contributed by atoms with E-state index in [9.17, 15) is 0 Å². The summed E-state index contributed by atoms with van der Waals surface area (Å²) in [5.74, 6) is 0.900. The van der Waals surface area contributed by atoms with E-state index < -0.39 is 0 Å². The number of halogens is 1. The van der Waals surface area contributed by atoms with Crippen molar-refractivity contribution in [1.29, 1.82) is 0 Å². The topological polar surface area (TPSA) is 58.5 Å². The first-order valence-corrected chi connectivity index (χ1v) is 10.3. The predicted molar refractivity (Wildman–Crippen MR) is 109 cm³/mol. The summed E-state index contributed by atoms with van der Waals surface area (Å²) in [6.07, 6.45) is 8.99. The fraction of sp³-hybridized carbons (Fsp3) is 0.700. The number of nitrogens with zero attached hydrogens (tertiary/aromatic N) is 2. The normalized spacial score (nSPS) is 16.7. The molecule has 1 heterocycles. The highest BCUT2D eigenvalue weighted by atomic mass is 35.5. The van der Waals surface area contributed by atoms with Crippen molar-refractivity contribution in [3.63, 3.8) is 0 Å². The fourth-order valence-corrected chi connectivity index (χ4v) is 3.63. The number of rotatable bonds is 10. The maximum atomic E-state index is 5.83. The van der Waals surface area contributed by atoms with E-state index in [1.165, 1.54) is 31.2 Å². The molecule has 5 nitrogen and oxygen atoms in total. The Morgan fingerprint density at radius 3 is 2.73 bits per heavy atom. The van der Waals surface area contributed by atoms with Gasteiger partial charge in [-0.05, 0) is 56.6 Å². The van der Waals surface area contributed by atoms with Gasteiger partial charge in [0.2, 0.25) is 0 Å². The fourth-order valence-electron chi connectivity index (χ4n) is 3.51. The standard InChI is InChI=1S/C20H33ClN4O/c1-3-22-19(23-13-9-17-7-8-18(21)24-15-17)25-16-20(10-5-6-11-20)12-14-26-4-2/h7-8,15H,3-6,9-14,16H2,1-2H3,(H2,22,23,25). The van der Waals surface area contributed by atoms with E-state index in [-0.39, 0.29) is 0 Å². The summed E-state index contributed by atoms with van der Waals surface area (Å²) in [4.78, 5) is 9.02. The summed E-state index contributed by atoms with van der Waals surface area (Å²) in [5, 5.41) is 7.33. The van der Waals surface area contributed by atoms with Crippen LogP contribution in [0.15, 0.2) is 23.3 Å². The Morgan fingerprint density at radius 1 is 1.27 bits per heavy atom. The van der Waals surface area contributed by atoms with Crippen molar-refractivity contribution < 1.29 is 4.74 Å². The number of hydrogen-bond acceptors (Lipinski definition) is 3. The minimum Gasteiger partial charge on any atom is -0.382 e. The Balaban J connectivity index is 1.86. The van der Waals surface area contributed by atoms with Crippen molar-refractivity contribution in [3.05, 3.63) is 29.0 Å². The highest BCUT2D eigenvalue weighted by molar-refractivity contribution is 6.29. The Bertz CT molecular complexity index is 541. The number of aromatic nitrogens is 1. The second-order valence-electron chi connectivity index (χ2n) is 7.02. The van der Waals surface area contributed by atoms with E-state index in [1.54, 1.807) is 0 Å². The van der Waals surface area contributed by atoms with E-state index in [2.05, 4.69) is 29.5 Å². The molecule has 1 aromatic rings. The maximum Gasteiger partial charge on any atom is 0.191 e. The van der Waals surface area contributed by atoms with E-state index >= 15 is 0 Å². The molecule has 2 N–H and O–H groups in total. The molecule has 0 aliphatic heterocycles. The Morgan fingerprint density at radius 2 is 2.08 bits per heavy atom. The summed E-state index contributed by atoms with van der Waals surface area (Å²) in [6.45, 7) is 8.35. The van der Waals surface area contributed by atoms with Crippen molar-refractivity contribution in [2.24, 2.45) is 10.4 Å². The average Bonchev–Trinajstić information content (AvgIpc) is 3.11. The minimum absolute atomic E-state index is 0.317. The van der Waals surface area contributed by atoms with Crippen molar-refractivity contribution in [2.45, 2.75) is 52.4 Å². The lowest BCUT2D eigenvalue weighted by Gasteiger charge is -2.27. The molecule has 0 unspecified atom stereocenters. The van der Waals surface area contributed by atoms with Gasteiger partial charge in [-0.3, -0.25) is 4.99 Å². The quantitative estimate of drug-likeness (QED) is 0.280. The van der Waals surface area contributed by atoms with Gasteiger partial charge in [0.15, 0.2) is 5.96 Å². The van der Waals surface area contributed by atoms with Crippen LogP contribution in [0.25, 0.3) is 0 Å². The van der Waals surface area contributed by atoms with Crippen LogP contribution < -0.4 is 10.6 Å². The highest BCUT2D eigenvalue weighted by Gasteiger charge is 2.33. The molecule has 0 bridgehead atoms. The molecule has 2 rings (SSSR count). The van der Waals surface area contributed by atoms with Crippen LogP contribution in [0, 0.1) is 5.41 Å². The van der Waals surface area contributed by atoms with Gasteiger partial charge in [-0.25, -0.2) is 4.98 Å². The number of ether oxygens (including phenoxy) is 1. The Labute approximate surface area is 163 Å². The average molecular weight is 381 g/mol. The number of pyridine rings is 1. The monoisotopic (exact) mass is 380 g/mol. The van der Waals surface area contributed by atoms with Gasteiger partial charge < -0.3 is 15.4 Å². The Hall–Kier alpha value is -1.33. The van der Waals surface area contributed by atoms with Gasteiger partial charge in [-0.1, -0.05) is 30.5 Å². The smallest absolute Gasteiger partial charge is 0.191 e. The van der Waals surface area contributed by atoms with Crippen molar-refractivity contribution >= 4 is 17.6 Å². The molecule has 26 heavy (non-hydrogen) atoms. The molecular formula is C20H33ClN4O. The minimum atomic E-state index is 0.317. The van der Waals surface area contributed by atoms with Gasteiger partial charge in [0.05, 0.1) is 0 Å². The molecule has 146 valence electrons. The molecule has 0 radical (unpaired) electrons. The molecule has 1 aliphatic carbocycles. The van der Waals surface area contributed by atoms with Crippen LogP contribution in [0.5, 0.6) is 0 Å². The van der Waals surface area contributed by atoms with Gasteiger partial charge in [-0.2, -0.15) is 0 Å². The zero-order chi connectivity index (χ0) is 18.7. The van der Waals surface area contributed by atoms with Gasteiger partial charge in [0.1, 0.15) is 5.15 Å². The van der Waals surface area contributed by atoms with E-state index in [1.807, 2.05) is 18.3 Å². The molecule has 6 heteroatoms. The highest BCUT2D eigenvalue weighted by Crippen LogP contribution is 2.41. The number of aliphatic imine (C=N–C) groups is 1. The van der Waals surface area contributed by atoms with Gasteiger partial charge in [0, 0.05) is 39.0 Å². The largest absolute Gasteiger partial charge is 0.382 e. The van der Waals surface area contributed by atoms with Crippen LogP contribution in [-0.2, 0) is 11.2 Å². The lowest BCUT2D eigenvalue weighted by Crippen LogP contribution is -2.39. The Kier molecular flexibility index (Phi) is 9.19. The first kappa shape index (κ1) is 21.0. The molecule has 1 fully saturated rings. The second kappa shape index (κ2) is 11.4. The molecule has 0 aromatic carbocycles. The van der Waals surface area contributed by atoms with Crippen molar-refractivity contribution in [2.75, 3.05) is 32.8 Å². The molecule has 1 saturated carbocycles. The van der Waals surface area contributed by atoms with Gasteiger partial charge in [0.25, 0.3) is 0 Å². The SMILES string of the molecule is CCNC(=NCC1(CCOCC)CCCC1)NCCc1ccc(Cl)nc1.